The van der Waals surface area contributed by atoms with E-state index in [2.05, 4.69) is 20.1 Å². The topological polar surface area (TPSA) is 76.8 Å². The summed E-state index contributed by atoms with van der Waals surface area (Å²) in [5.74, 6) is 0.465. The van der Waals surface area contributed by atoms with Gasteiger partial charge >= 0.3 is 0 Å². The van der Waals surface area contributed by atoms with Crippen molar-refractivity contribution in [1.82, 2.24) is 29.6 Å². The molecule has 25 heavy (non-hydrogen) atoms. The van der Waals surface area contributed by atoms with Crippen LogP contribution >= 0.6 is 0 Å². The van der Waals surface area contributed by atoms with Gasteiger partial charge in [0.05, 0.1) is 11.8 Å². The fourth-order valence-corrected chi connectivity index (χ4v) is 3.11. The second kappa shape index (κ2) is 6.43. The van der Waals surface area contributed by atoms with Gasteiger partial charge in [-0.3, -0.25) is 14.5 Å². The molecule has 0 bridgehead atoms. The first-order valence-electron chi connectivity index (χ1n) is 8.25. The second-order valence-electron chi connectivity index (χ2n) is 6.08. The second-order valence-corrected chi connectivity index (χ2v) is 6.08. The summed E-state index contributed by atoms with van der Waals surface area (Å²) in [5, 5.41) is 4.30. The highest BCUT2D eigenvalue weighted by atomic mass is 16.2. The van der Waals surface area contributed by atoms with Crippen LogP contribution in [0.3, 0.4) is 0 Å². The molecular formula is C18H18N6O. The van der Waals surface area contributed by atoms with Gasteiger partial charge < -0.3 is 4.90 Å². The first-order chi connectivity index (χ1) is 12.2. The zero-order valence-corrected chi connectivity index (χ0v) is 14.0. The number of amides is 1. The lowest BCUT2D eigenvalue weighted by atomic mass is 10.2. The van der Waals surface area contributed by atoms with Gasteiger partial charge in [0.2, 0.25) is 0 Å². The van der Waals surface area contributed by atoms with Crippen molar-refractivity contribution in [1.29, 1.82) is 0 Å². The molecule has 0 saturated heterocycles. The summed E-state index contributed by atoms with van der Waals surface area (Å²) in [5.41, 5.74) is 3.50. The summed E-state index contributed by atoms with van der Waals surface area (Å²) in [6.45, 7) is 1.29. The smallest absolute Gasteiger partial charge is 0.257 e. The van der Waals surface area contributed by atoms with Gasteiger partial charge in [-0.05, 0) is 25.0 Å². The Morgan fingerprint density at radius 3 is 2.72 bits per heavy atom. The van der Waals surface area contributed by atoms with Crippen molar-refractivity contribution in [2.24, 2.45) is 7.05 Å². The molecule has 0 N–H and O–H groups in total. The van der Waals surface area contributed by atoms with Crippen LogP contribution in [0.5, 0.6) is 0 Å². The zero-order chi connectivity index (χ0) is 17.2. The van der Waals surface area contributed by atoms with Crippen molar-refractivity contribution in [2.75, 3.05) is 6.54 Å². The Bertz CT molecular complexity index is 888. The van der Waals surface area contributed by atoms with Crippen molar-refractivity contribution >= 4 is 5.91 Å². The van der Waals surface area contributed by atoms with Gasteiger partial charge in [-0.25, -0.2) is 9.97 Å². The molecule has 126 valence electrons. The van der Waals surface area contributed by atoms with Gasteiger partial charge in [-0.15, -0.1) is 0 Å². The number of carbonyl (C=O) groups is 1. The SMILES string of the molecule is Cn1ncc2c1CCCN(C(=O)c1cnc(-c3ccccn3)nc1)C2. The van der Waals surface area contributed by atoms with Crippen LogP contribution in [0.25, 0.3) is 11.5 Å². The van der Waals surface area contributed by atoms with Gasteiger partial charge in [-0.2, -0.15) is 5.10 Å². The molecule has 1 amide bonds. The third-order valence-electron chi connectivity index (χ3n) is 4.43. The van der Waals surface area contributed by atoms with E-state index in [4.69, 9.17) is 0 Å². The van der Waals surface area contributed by atoms with Crippen LogP contribution in [-0.2, 0) is 20.0 Å². The van der Waals surface area contributed by atoms with Gasteiger partial charge in [-0.1, -0.05) is 6.07 Å². The molecule has 0 aromatic carbocycles. The van der Waals surface area contributed by atoms with E-state index in [0.717, 1.165) is 24.9 Å². The van der Waals surface area contributed by atoms with Crippen LogP contribution in [0, 0.1) is 0 Å². The maximum absolute atomic E-state index is 12.8. The molecular weight excluding hydrogens is 316 g/mol. The Hall–Kier alpha value is -3.09. The Morgan fingerprint density at radius 2 is 1.96 bits per heavy atom. The lowest BCUT2D eigenvalue weighted by Gasteiger charge is -2.20. The molecule has 3 aromatic heterocycles. The monoisotopic (exact) mass is 334 g/mol. The molecule has 0 fully saturated rings. The maximum Gasteiger partial charge on any atom is 0.257 e. The van der Waals surface area contributed by atoms with E-state index in [0.29, 0.717) is 23.6 Å². The molecule has 7 heteroatoms. The van der Waals surface area contributed by atoms with Crippen LogP contribution in [0.2, 0.25) is 0 Å². The number of rotatable bonds is 2. The number of aromatic nitrogens is 5. The summed E-state index contributed by atoms with van der Waals surface area (Å²) in [7, 11) is 1.94. The molecule has 0 aliphatic carbocycles. The van der Waals surface area contributed by atoms with Crippen LogP contribution in [-0.4, -0.2) is 42.1 Å². The fourth-order valence-electron chi connectivity index (χ4n) is 3.11. The van der Waals surface area contributed by atoms with E-state index in [1.165, 1.54) is 5.69 Å². The third-order valence-corrected chi connectivity index (χ3v) is 4.43. The predicted molar refractivity (Wildman–Crippen MR) is 91.5 cm³/mol. The molecule has 0 atom stereocenters. The van der Waals surface area contributed by atoms with Crippen LogP contribution in [0.1, 0.15) is 28.0 Å². The van der Waals surface area contributed by atoms with Crippen molar-refractivity contribution in [3.05, 3.63) is 59.8 Å². The Labute approximate surface area is 145 Å². The van der Waals surface area contributed by atoms with Crippen molar-refractivity contribution in [2.45, 2.75) is 19.4 Å². The van der Waals surface area contributed by atoms with E-state index < -0.39 is 0 Å². The normalized spacial score (nSPS) is 14.0. The minimum atomic E-state index is -0.0516. The highest BCUT2D eigenvalue weighted by molar-refractivity contribution is 5.93. The first kappa shape index (κ1) is 15.4. The summed E-state index contributed by atoms with van der Waals surface area (Å²) < 4.78 is 1.90. The number of fused-ring (bicyclic) bond motifs is 1. The number of pyridine rings is 1. The third kappa shape index (κ3) is 3.00. The Balaban J connectivity index is 1.55. The molecule has 4 rings (SSSR count). The molecule has 3 aromatic rings. The maximum atomic E-state index is 12.8. The van der Waals surface area contributed by atoms with Crippen molar-refractivity contribution < 1.29 is 4.79 Å². The van der Waals surface area contributed by atoms with Gasteiger partial charge in [0.15, 0.2) is 5.82 Å². The minimum absolute atomic E-state index is 0.0516. The van der Waals surface area contributed by atoms with E-state index >= 15 is 0 Å². The standard InChI is InChI=1S/C18H18N6O/c1-23-16-6-4-8-24(12-14(16)11-22-23)18(25)13-9-20-17(21-10-13)15-5-2-3-7-19-15/h2-3,5,7,9-11H,4,6,8,12H2,1H3. The molecule has 0 radical (unpaired) electrons. The number of nitrogens with zero attached hydrogens (tertiary/aromatic N) is 6. The molecule has 4 heterocycles. The Kier molecular flexibility index (Phi) is 3.97. The number of hydrogen-bond donors (Lipinski definition) is 0. The average Bonchev–Trinajstić information content (AvgIpc) is 2.88. The highest BCUT2D eigenvalue weighted by Crippen LogP contribution is 2.19. The fraction of sp³-hybridized carbons (Fsp3) is 0.278. The number of aryl methyl sites for hydroxylation is 1. The van der Waals surface area contributed by atoms with Gasteiger partial charge in [0.1, 0.15) is 5.69 Å². The van der Waals surface area contributed by atoms with Crippen LogP contribution < -0.4 is 0 Å². The lowest BCUT2D eigenvalue weighted by molar-refractivity contribution is 0.0745. The molecule has 1 aliphatic heterocycles. The van der Waals surface area contributed by atoms with Crippen LogP contribution in [0.4, 0.5) is 0 Å². The van der Waals surface area contributed by atoms with Gasteiger partial charge in [0, 0.05) is 50.0 Å². The number of hydrogen-bond acceptors (Lipinski definition) is 5. The minimum Gasteiger partial charge on any atom is -0.334 e. The summed E-state index contributed by atoms with van der Waals surface area (Å²) in [6, 6.07) is 5.57. The van der Waals surface area contributed by atoms with E-state index in [9.17, 15) is 4.79 Å². The zero-order valence-electron chi connectivity index (χ0n) is 14.0. The molecule has 7 nitrogen and oxygen atoms in total. The van der Waals surface area contributed by atoms with Crippen LogP contribution in [0.15, 0.2) is 43.0 Å². The summed E-state index contributed by atoms with van der Waals surface area (Å²) >= 11 is 0. The molecule has 1 aliphatic rings. The first-order valence-corrected chi connectivity index (χ1v) is 8.25. The highest BCUT2D eigenvalue weighted by Gasteiger charge is 2.22. The quantitative estimate of drug-likeness (QED) is 0.715. The Morgan fingerprint density at radius 1 is 1.12 bits per heavy atom. The van der Waals surface area contributed by atoms with Crippen molar-refractivity contribution in [3.63, 3.8) is 0 Å². The van der Waals surface area contributed by atoms with Crippen molar-refractivity contribution in [3.8, 4) is 11.5 Å². The largest absolute Gasteiger partial charge is 0.334 e. The summed E-state index contributed by atoms with van der Waals surface area (Å²) in [4.78, 5) is 27.5. The van der Waals surface area contributed by atoms with E-state index in [-0.39, 0.29) is 5.91 Å². The average molecular weight is 334 g/mol. The molecule has 0 saturated carbocycles. The van der Waals surface area contributed by atoms with Gasteiger partial charge in [0.25, 0.3) is 5.91 Å². The number of carbonyl (C=O) groups excluding carboxylic acids is 1. The summed E-state index contributed by atoms with van der Waals surface area (Å²) in [6.07, 6.45) is 8.56. The molecule has 0 spiro atoms. The predicted octanol–water partition coefficient (Wildman–Crippen LogP) is 1.86. The van der Waals surface area contributed by atoms with E-state index in [1.54, 1.807) is 18.6 Å². The molecule has 0 unspecified atom stereocenters. The lowest BCUT2D eigenvalue weighted by Crippen LogP contribution is -2.30. The van der Waals surface area contributed by atoms with E-state index in [1.807, 2.05) is 41.0 Å².